The molecule has 1 rings (SSSR count). The number of hydrogen-bond acceptors (Lipinski definition) is 3. The minimum atomic E-state index is -1.67. The fraction of sp³-hybridized carbons (Fsp3) is 0.333. The van der Waals surface area contributed by atoms with Crippen molar-refractivity contribution in [3.8, 4) is 0 Å². The SMILES string of the molecule is CCC(SCC(=O)Nc1ccc(F)c(F)c1F)C(=O)O. The van der Waals surface area contributed by atoms with Gasteiger partial charge in [0.2, 0.25) is 5.91 Å². The average molecular weight is 307 g/mol. The maximum atomic E-state index is 13.3. The van der Waals surface area contributed by atoms with Gasteiger partial charge in [-0.2, -0.15) is 0 Å². The molecule has 0 aromatic heterocycles. The summed E-state index contributed by atoms with van der Waals surface area (Å²) in [6.45, 7) is 1.65. The third-order valence-electron chi connectivity index (χ3n) is 2.37. The van der Waals surface area contributed by atoms with Gasteiger partial charge in [0.15, 0.2) is 17.5 Å². The molecule has 0 saturated heterocycles. The van der Waals surface area contributed by atoms with Gasteiger partial charge in [-0.25, -0.2) is 13.2 Å². The molecule has 2 N–H and O–H groups in total. The Morgan fingerprint density at radius 2 is 1.95 bits per heavy atom. The number of rotatable bonds is 6. The summed E-state index contributed by atoms with van der Waals surface area (Å²) >= 11 is 0.868. The van der Waals surface area contributed by atoms with Crippen LogP contribution >= 0.6 is 11.8 Å². The molecule has 8 heteroatoms. The number of amides is 1. The minimum Gasteiger partial charge on any atom is -0.480 e. The van der Waals surface area contributed by atoms with Crippen molar-refractivity contribution in [3.05, 3.63) is 29.6 Å². The highest BCUT2D eigenvalue weighted by Gasteiger charge is 2.19. The second kappa shape index (κ2) is 7.18. The first-order valence-electron chi connectivity index (χ1n) is 5.64. The molecule has 0 spiro atoms. The summed E-state index contributed by atoms with van der Waals surface area (Å²) in [4.78, 5) is 22.2. The zero-order valence-electron chi connectivity index (χ0n) is 10.5. The fourth-order valence-electron chi connectivity index (χ4n) is 1.35. The summed E-state index contributed by atoms with van der Waals surface area (Å²) in [6, 6.07) is 1.58. The lowest BCUT2D eigenvalue weighted by molar-refractivity contribution is -0.136. The van der Waals surface area contributed by atoms with Crippen LogP contribution in [0.4, 0.5) is 18.9 Å². The van der Waals surface area contributed by atoms with Crippen molar-refractivity contribution >= 4 is 29.3 Å². The lowest BCUT2D eigenvalue weighted by Crippen LogP contribution is -2.21. The number of anilines is 1. The van der Waals surface area contributed by atoms with Crippen molar-refractivity contribution in [2.75, 3.05) is 11.1 Å². The molecular formula is C12H12F3NO3S. The Balaban J connectivity index is 2.63. The number of aliphatic carboxylic acids is 1. The molecule has 110 valence electrons. The molecule has 0 heterocycles. The molecule has 0 radical (unpaired) electrons. The third kappa shape index (κ3) is 4.16. The highest BCUT2D eigenvalue weighted by atomic mass is 32.2. The second-order valence-electron chi connectivity index (χ2n) is 3.82. The molecule has 0 aliphatic rings. The van der Waals surface area contributed by atoms with Gasteiger partial charge < -0.3 is 10.4 Å². The van der Waals surface area contributed by atoms with Crippen LogP contribution in [0.1, 0.15) is 13.3 Å². The molecule has 0 saturated carbocycles. The lowest BCUT2D eigenvalue weighted by Gasteiger charge is -2.10. The summed E-state index contributed by atoms with van der Waals surface area (Å²) in [6.07, 6.45) is 0.326. The van der Waals surface area contributed by atoms with Gasteiger partial charge in [0.1, 0.15) is 5.25 Å². The van der Waals surface area contributed by atoms with E-state index in [1.165, 1.54) is 0 Å². The molecule has 1 amide bonds. The van der Waals surface area contributed by atoms with Crippen LogP contribution in [0, 0.1) is 17.5 Å². The first-order chi connectivity index (χ1) is 9.36. The van der Waals surface area contributed by atoms with E-state index < -0.39 is 40.3 Å². The molecule has 1 aromatic carbocycles. The Morgan fingerprint density at radius 1 is 1.30 bits per heavy atom. The quantitative estimate of drug-likeness (QED) is 0.793. The van der Waals surface area contributed by atoms with Crippen molar-refractivity contribution < 1.29 is 27.9 Å². The molecule has 0 aliphatic carbocycles. The number of halogens is 3. The predicted molar refractivity (Wildman–Crippen MR) is 69.1 cm³/mol. The van der Waals surface area contributed by atoms with Crippen LogP contribution in [-0.2, 0) is 9.59 Å². The summed E-state index contributed by atoms with van der Waals surface area (Å²) in [5.41, 5.74) is -0.488. The highest BCUT2D eigenvalue weighted by Crippen LogP contribution is 2.20. The normalized spacial score (nSPS) is 12.0. The number of carboxylic acids is 1. The maximum Gasteiger partial charge on any atom is 0.316 e. The standard InChI is InChI=1S/C12H12F3NO3S/c1-2-8(12(18)19)20-5-9(17)16-7-4-3-6(13)10(14)11(7)15/h3-4,8H,2,5H2,1H3,(H,16,17)(H,18,19). The number of carbonyl (C=O) groups is 2. The van der Waals surface area contributed by atoms with Gasteiger partial charge in [-0.3, -0.25) is 9.59 Å². The largest absolute Gasteiger partial charge is 0.480 e. The molecule has 0 fully saturated rings. The van der Waals surface area contributed by atoms with Gasteiger partial charge in [-0.05, 0) is 18.6 Å². The van der Waals surface area contributed by atoms with Gasteiger partial charge >= 0.3 is 5.97 Å². The van der Waals surface area contributed by atoms with Crippen molar-refractivity contribution in [3.63, 3.8) is 0 Å². The number of thioether (sulfide) groups is 1. The van der Waals surface area contributed by atoms with Crippen molar-refractivity contribution in [2.24, 2.45) is 0 Å². The van der Waals surface area contributed by atoms with Crippen molar-refractivity contribution in [1.29, 1.82) is 0 Å². The number of carboxylic acid groups (broad SMARTS) is 1. The predicted octanol–water partition coefficient (Wildman–Crippen LogP) is 2.64. The van der Waals surface area contributed by atoms with Gasteiger partial charge in [-0.15, -0.1) is 11.8 Å². The van der Waals surface area contributed by atoms with E-state index in [-0.39, 0.29) is 5.75 Å². The molecule has 0 aliphatic heterocycles. The van der Waals surface area contributed by atoms with E-state index in [0.717, 1.165) is 17.8 Å². The molecule has 4 nitrogen and oxygen atoms in total. The number of carbonyl (C=O) groups excluding carboxylic acids is 1. The Bertz CT molecular complexity index is 525. The summed E-state index contributed by atoms with van der Waals surface area (Å²) < 4.78 is 38.9. The van der Waals surface area contributed by atoms with E-state index in [1.54, 1.807) is 6.92 Å². The highest BCUT2D eigenvalue weighted by molar-refractivity contribution is 8.01. The summed E-state index contributed by atoms with van der Waals surface area (Å²) in [5.74, 6) is -6.50. The smallest absolute Gasteiger partial charge is 0.316 e. The molecule has 1 aromatic rings. The first kappa shape index (κ1) is 16.4. The molecular weight excluding hydrogens is 295 g/mol. The minimum absolute atomic E-state index is 0.233. The molecule has 1 atom stereocenters. The molecule has 20 heavy (non-hydrogen) atoms. The first-order valence-corrected chi connectivity index (χ1v) is 6.69. The Kier molecular flexibility index (Phi) is 5.87. The van der Waals surface area contributed by atoms with Crippen LogP contribution in [0.15, 0.2) is 12.1 Å². The Labute approximate surface area is 117 Å². The van der Waals surface area contributed by atoms with E-state index in [0.29, 0.717) is 12.5 Å². The fourth-order valence-corrected chi connectivity index (χ4v) is 2.15. The average Bonchev–Trinajstić information content (AvgIpc) is 2.40. The van der Waals surface area contributed by atoms with Crippen LogP contribution in [0.3, 0.4) is 0 Å². The number of nitrogens with one attached hydrogen (secondary N) is 1. The Morgan fingerprint density at radius 3 is 2.50 bits per heavy atom. The van der Waals surface area contributed by atoms with Crippen LogP contribution in [-0.4, -0.2) is 28.0 Å². The maximum absolute atomic E-state index is 13.3. The summed E-state index contributed by atoms with van der Waals surface area (Å²) in [7, 11) is 0. The molecule has 1 unspecified atom stereocenters. The van der Waals surface area contributed by atoms with E-state index >= 15 is 0 Å². The van der Waals surface area contributed by atoms with Gasteiger partial charge in [0, 0.05) is 0 Å². The van der Waals surface area contributed by atoms with E-state index in [2.05, 4.69) is 5.32 Å². The van der Waals surface area contributed by atoms with Crippen LogP contribution in [0.2, 0.25) is 0 Å². The monoisotopic (exact) mass is 307 g/mol. The summed E-state index contributed by atoms with van der Waals surface area (Å²) in [5, 5.41) is 10.1. The van der Waals surface area contributed by atoms with Crippen LogP contribution in [0.5, 0.6) is 0 Å². The van der Waals surface area contributed by atoms with Crippen LogP contribution < -0.4 is 5.32 Å². The van der Waals surface area contributed by atoms with Crippen molar-refractivity contribution in [2.45, 2.75) is 18.6 Å². The van der Waals surface area contributed by atoms with E-state index in [9.17, 15) is 22.8 Å². The van der Waals surface area contributed by atoms with E-state index in [4.69, 9.17) is 5.11 Å². The zero-order chi connectivity index (χ0) is 15.3. The van der Waals surface area contributed by atoms with E-state index in [1.807, 2.05) is 0 Å². The number of hydrogen-bond donors (Lipinski definition) is 2. The zero-order valence-corrected chi connectivity index (χ0v) is 11.3. The molecule has 0 bridgehead atoms. The number of benzene rings is 1. The lowest BCUT2D eigenvalue weighted by atomic mass is 10.3. The van der Waals surface area contributed by atoms with Crippen molar-refractivity contribution in [1.82, 2.24) is 0 Å². The van der Waals surface area contributed by atoms with Gasteiger partial charge in [0.25, 0.3) is 0 Å². The van der Waals surface area contributed by atoms with Crippen LogP contribution in [0.25, 0.3) is 0 Å². The second-order valence-corrected chi connectivity index (χ2v) is 5.01. The van der Waals surface area contributed by atoms with Gasteiger partial charge in [-0.1, -0.05) is 6.92 Å². The Hall–Kier alpha value is -1.70. The third-order valence-corrected chi connectivity index (χ3v) is 3.74. The van der Waals surface area contributed by atoms with Gasteiger partial charge in [0.05, 0.1) is 11.4 Å². The topological polar surface area (TPSA) is 66.4 Å².